The Labute approximate surface area is 116 Å². The minimum Gasteiger partial charge on any atom is -0.312 e. The average Bonchev–Trinajstić information content (AvgIpc) is 2.36. The van der Waals surface area contributed by atoms with E-state index in [1.54, 1.807) is 0 Å². The summed E-state index contributed by atoms with van der Waals surface area (Å²) >= 11 is 6.13. The molecule has 0 amide bonds. The molecule has 0 saturated heterocycles. The van der Waals surface area contributed by atoms with Crippen molar-refractivity contribution in [1.29, 1.82) is 0 Å². The second-order valence-corrected chi connectivity index (χ2v) is 6.25. The second-order valence-electron chi connectivity index (χ2n) is 5.84. The van der Waals surface area contributed by atoms with E-state index in [1.165, 1.54) is 31.2 Å². The van der Waals surface area contributed by atoms with Crippen molar-refractivity contribution < 1.29 is 0 Å². The number of nitrogens with one attached hydrogen (secondary N) is 1. The molecular weight excluding hydrogens is 242 g/mol. The minimum absolute atomic E-state index is 0.876. The van der Waals surface area contributed by atoms with Crippen molar-refractivity contribution >= 4 is 11.6 Å². The average molecular weight is 266 g/mol. The predicted octanol–water partition coefficient (Wildman–Crippen LogP) is 4.56. The Hall–Kier alpha value is -0.530. The summed E-state index contributed by atoms with van der Waals surface area (Å²) in [6.45, 7) is 6.50. The van der Waals surface area contributed by atoms with Gasteiger partial charge in [0.05, 0.1) is 0 Å². The number of aryl methyl sites for hydroxylation is 1. The van der Waals surface area contributed by atoms with Gasteiger partial charge in [0, 0.05) is 11.6 Å². The molecule has 0 bridgehead atoms. The van der Waals surface area contributed by atoms with E-state index in [1.807, 2.05) is 6.92 Å². The zero-order valence-electron chi connectivity index (χ0n) is 11.5. The third-order valence-electron chi connectivity index (χ3n) is 4.13. The lowest BCUT2D eigenvalue weighted by Gasteiger charge is -2.26. The fraction of sp³-hybridized carbons (Fsp3) is 0.625. The Bertz CT molecular complexity index is 381. The number of hydrogen-bond donors (Lipinski definition) is 1. The van der Waals surface area contributed by atoms with Gasteiger partial charge in [-0.15, -0.1) is 0 Å². The first kappa shape index (κ1) is 13.9. The van der Waals surface area contributed by atoms with Gasteiger partial charge in [0.25, 0.3) is 0 Å². The topological polar surface area (TPSA) is 12.0 Å². The van der Waals surface area contributed by atoms with Crippen molar-refractivity contribution in [2.24, 2.45) is 11.8 Å². The van der Waals surface area contributed by atoms with Crippen molar-refractivity contribution in [3.8, 4) is 0 Å². The van der Waals surface area contributed by atoms with Crippen LogP contribution in [0.5, 0.6) is 0 Å². The molecule has 0 heterocycles. The first-order chi connectivity index (χ1) is 8.65. The van der Waals surface area contributed by atoms with Crippen LogP contribution >= 0.6 is 11.6 Å². The van der Waals surface area contributed by atoms with Gasteiger partial charge in [-0.2, -0.15) is 0 Å². The molecule has 1 nitrogen and oxygen atoms in total. The number of benzene rings is 1. The highest BCUT2D eigenvalue weighted by atomic mass is 35.5. The lowest BCUT2D eigenvalue weighted by molar-refractivity contribution is 0.281. The first-order valence-electron chi connectivity index (χ1n) is 7.11. The Morgan fingerprint density at radius 2 is 1.94 bits per heavy atom. The SMILES string of the molecule is Cc1ccc(CNCC2CCC(C)CC2)cc1Cl. The predicted molar refractivity (Wildman–Crippen MR) is 79.0 cm³/mol. The fourth-order valence-electron chi connectivity index (χ4n) is 2.70. The molecule has 100 valence electrons. The van der Waals surface area contributed by atoms with Crippen molar-refractivity contribution in [2.75, 3.05) is 6.54 Å². The van der Waals surface area contributed by atoms with Gasteiger partial charge in [-0.1, -0.05) is 43.5 Å². The number of halogens is 1. The van der Waals surface area contributed by atoms with Crippen LogP contribution in [0.15, 0.2) is 18.2 Å². The van der Waals surface area contributed by atoms with Gasteiger partial charge in [-0.3, -0.25) is 0 Å². The normalized spacial score (nSPS) is 24.2. The Morgan fingerprint density at radius 3 is 2.61 bits per heavy atom. The smallest absolute Gasteiger partial charge is 0.0438 e. The van der Waals surface area contributed by atoms with Crippen LogP contribution in [0.3, 0.4) is 0 Å². The molecule has 0 atom stereocenters. The van der Waals surface area contributed by atoms with E-state index in [9.17, 15) is 0 Å². The summed E-state index contributed by atoms with van der Waals surface area (Å²) in [6.07, 6.45) is 5.59. The maximum absolute atomic E-state index is 6.13. The lowest BCUT2D eigenvalue weighted by Crippen LogP contribution is -2.25. The Balaban J connectivity index is 1.73. The van der Waals surface area contributed by atoms with E-state index in [2.05, 4.69) is 30.4 Å². The molecular formula is C16H24ClN. The molecule has 1 aliphatic carbocycles. The van der Waals surface area contributed by atoms with Crippen LogP contribution in [0, 0.1) is 18.8 Å². The molecule has 1 aromatic rings. The molecule has 0 radical (unpaired) electrons. The van der Waals surface area contributed by atoms with Gasteiger partial charge < -0.3 is 5.32 Å². The van der Waals surface area contributed by atoms with Crippen molar-refractivity contribution in [2.45, 2.75) is 46.1 Å². The summed E-state index contributed by atoms with van der Waals surface area (Å²) in [5.41, 5.74) is 2.44. The summed E-state index contributed by atoms with van der Waals surface area (Å²) in [7, 11) is 0. The van der Waals surface area contributed by atoms with Gasteiger partial charge in [0.15, 0.2) is 0 Å². The molecule has 1 aliphatic rings. The fourth-order valence-corrected chi connectivity index (χ4v) is 2.90. The van der Waals surface area contributed by atoms with E-state index < -0.39 is 0 Å². The Morgan fingerprint density at radius 1 is 1.22 bits per heavy atom. The van der Waals surface area contributed by atoms with E-state index >= 15 is 0 Å². The molecule has 1 saturated carbocycles. The molecule has 0 spiro atoms. The maximum atomic E-state index is 6.13. The summed E-state index contributed by atoms with van der Waals surface area (Å²) in [5.74, 6) is 1.82. The highest BCUT2D eigenvalue weighted by Crippen LogP contribution is 2.27. The zero-order chi connectivity index (χ0) is 13.0. The summed E-state index contributed by atoms with van der Waals surface area (Å²) in [5, 5.41) is 4.45. The largest absolute Gasteiger partial charge is 0.312 e. The van der Waals surface area contributed by atoms with E-state index in [0.29, 0.717) is 0 Å². The van der Waals surface area contributed by atoms with Crippen LogP contribution in [0.1, 0.15) is 43.7 Å². The van der Waals surface area contributed by atoms with Gasteiger partial charge in [-0.05, 0) is 55.3 Å². The molecule has 1 aromatic carbocycles. The van der Waals surface area contributed by atoms with Crippen LogP contribution in [0.25, 0.3) is 0 Å². The monoisotopic (exact) mass is 265 g/mol. The minimum atomic E-state index is 0.876. The highest BCUT2D eigenvalue weighted by molar-refractivity contribution is 6.31. The van der Waals surface area contributed by atoms with Crippen LogP contribution in [0.2, 0.25) is 5.02 Å². The van der Waals surface area contributed by atoms with Crippen LogP contribution in [-0.2, 0) is 6.54 Å². The first-order valence-corrected chi connectivity index (χ1v) is 7.48. The lowest BCUT2D eigenvalue weighted by atomic mass is 9.83. The second kappa shape index (κ2) is 6.58. The Kier molecular flexibility index (Phi) is 5.08. The van der Waals surface area contributed by atoms with Gasteiger partial charge in [-0.25, -0.2) is 0 Å². The van der Waals surface area contributed by atoms with Crippen molar-refractivity contribution in [3.63, 3.8) is 0 Å². The van der Waals surface area contributed by atoms with Crippen molar-refractivity contribution in [1.82, 2.24) is 5.32 Å². The van der Waals surface area contributed by atoms with E-state index in [-0.39, 0.29) is 0 Å². The van der Waals surface area contributed by atoms with E-state index in [0.717, 1.165) is 35.5 Å². The van der Waals surface area contributed by atoms with Gasteiger partial charge in [0.2, 0.25) is 0 Å². The summed E-state index contributed by atoms with van der Waals surface area (Å²) in [6, 6.07) is 6.34. The zero-order valence-corrected chi connectivity index (χ0v) is 12.3. The van der Waals surface area contributed by atoms with Crippen molar-refractivity contribution in [3.05, 3.63) is 34.3 Å². The number of rotatable bonds is 4. The molecule has 0 aromatic heterocycles. The molecule has 2 rings (SSSR count). The number of hydrogen-bond acceptors (Lipinski definition) is 1. The van der Waals surface area contributed by atoms with Crippen LogP contribution in [-0.4, -0.2) is 6.54 Å². The standard InChI is InChI=1S/C16H24ClN/c1-12-3-6-14(7-4-12)10-18-11-15-8-5-13(2)16(17)9-15/h5,8-9,12,14,18H,3-4,6-7,10-11H2,1-2H3. The molecule has 0 unspecified atom stereocenters. The van der Waals surface area contributed by atoms with Gasteiger partial charge >= 0.3 is 0 Å². The highest BCUT2D eigenvalue weighted by Gasteiger charge is 2.17. The van der Waals surface area contributed by atoms with Crippen LogP contribution in [0.4, 0.5) is 0 Å². The molecule has 2 heteroatoms. The third-order valence-corrected chi connectivity index (χ3v) is 4.54. The molecule has 1 N–H and O–H groups in total. The summed E-state index contributed by atoms with van der Waals surface area (Å²) in [4.78, 5) is 0. The quantitative estimate of drug-likeness (QED) is 0.841. The third kappa shape index (κ3) is 4.00. The molecule has 1 fully saturated rings. The summed E-state index contributed by atoms with van der Waals surface area (Å²) < 4.78 is 0. The molecule has 0 aliphatic heterocycles. The molecule has 18 heavy (non-hydrogen) atoms. The van der Waals surface area contributed by atoms with E-state index in [4.69, 9.17) is 11.6 Å². The van der Waals surface area contributed by atoms with Gasteiger partial charge in [0.1, 0.15) is 0 Å². The maximum Gasteiger partial charge on any atom is 0.0438 e. The van der Waals surface area contributed by atoms with Crippen LogP contribution < -0.4 is 5.32 Å².